The maximum absolute atomic E-state index is 5.92. The monoisotopic (exact) mass is 454 g/mol. The van der Waals surface area contributed by atoms with Crippen molar-refractivity contribution in [2.75, 3.05) is 0 Å². The Morgan fingerprint density at radius 1 is 0.471 bits per heavy atom. The van der Waals surface area contributed by atoms with E-state index in [0.29, 0.717) is 0 Å². The van der Waals surface area contributed by atoms with E-state index in [2.05, 4.69) is 13.8 Å². The molecule has 6 nitrogen and oxygen atoms in total. The third-order valence-electron chi connectivity index (χ3n) is 6.20. The molecule has 172 valence electrons. The van der Waals surface area contributed by atoms with Crippen LogP contribution in [0.1, 0.15) is 11.1 Å². The minimum atomic E-state index is -1.50. The van der Waals surface area contributed by atoms with Crippen LogP contribution in [0.4, 0.5) is 0 Å². The molecule has 0 atom stereocenters. The molecule has 4 heterocycles. The molecule has 0 amide bonds. The van der Waals surface area contributed by atoms with Gasteiger partial charge in [0.2, 0.25) is 0 Å². The Morgan fingerprint density at radius 2 is 0.735 bits per heavy atom. The molecule has 0 N–H and O–H groups in total. The van der Waals surface area contributed by atoms with Crippen LogP contribution in [0.15, 0.2) is 97.6 Å². The number of rotatable bonds is 2. The zero-order chi connectivity index (χ0) is 23.8. The van der Waals surface area contributed by atoms with Crippen molar-refractivity contribution in [1.29, 1.82) is 0 Å². The van der Waals surface area contributed by atoms with Gasteiger partial charge in [-0.3, -0.25) is 0 Å². The largest absolute Gasteiger partial charge is 0.650 e. The van der Waals surface area contributed by atoms with E-state index in [1.54, 1.807) is 0 Å². The Hall–Kier alpha value is -3.93. The molecule has 34 heavy (non-hydrogen) atoms. The van der Waals surface area contributed by atoms with Crippen LogP contribution in [0.25, 0.3) is 0 Å². The van der Waals surface area contributed by atoms with Crippen molar-refractivity contribution < 1.29 is 27.6 Å². The van der Waals surface area contributed by atoms with Crippen molar-refractivity contribution in [2.45, 2.75) is 27.5 Å². The number of hydrogen-bond donors (Lipinski definition) is 0. The SMILES string of the molecule is Cc1cc[n+]([B-]2(C)Oc3ccccc3O2)cc1.Cc1cc[n+]([B-]2(C)Oc3ccccc3O2)cc1. The molecule has 0 saturated carbocycles. The van der Waals surface area contributed by atoms with Crippen LogP contribution in [0, 0.1) is 13.8 Å². The van der Waals surface area contributed by atoms with E-state index in [1.165, 1.54) is 11.1 Å². The number of para-hydroxylation sites is 4. The van der Waals surface area contributed by atoms with E-state index in [4.69, 9.17) is 18.6 Å². The van der Waals surface area contributed by atoms with E-state index in [1.807, 2.05) is 120 Å². The second-order valence-corrected chi connectivity index (χ2v) is 9.08. The van der Waals surface area contributed by atoms with Crippen LogP contribution in [0.2, 0.25) is 13.6 Å². The summed E-state index contributed by atoms with van der Waals surface area (Å²) in [5, 5.41) is 0. The summed E-state index contributed by atoms with van der Waals surface area (Å²) in [7, 11) is 0. The van der Waals surface area contributed by atoms with Crippen molar-refractivity contribution in [3.05, 3.63) is 109 Å². The smallest absolute Gasteiger partial charge is 0.621 e. The Bertz CT molecular complexity index is 1160. The van der Waals surface area contributed by atoms with Crippen LogP contribution in [-0.2, 0) is 0 Å². The van der Waals surface area contributed by atoms with Crippen molar-refractivity contribution in [3.8, 4) is 23.0 Å². The van der Waals surface area contributed by atoms with Gasteiger partial charge < -0.3 is 27.6 Å². The van der Waals surface area contributed by atoms with Crippen molar-refractivity contribution in [3.63, 3.8) is 0 Å². The first-order valence-electron chi connectivity index (χ1n) is 11.6. The van der Waals surface area contributed by atoms with Gasteiger partial charge in [0.25, 0.3) is 0 Å². The second kappa shape index (κ2) is 8.45. The minimum Gasteiger partial charge on any atom is -0.621 e. The van der Waals surface area contributed by atoms with Gasteiger partial charge in [0, 0.05) is 24.3 Å². The van der Waals surface area contributed by atoms with Gasteiger partial charge in [-0.25, -0.2) is 0 Å². The van der Waals surface area contributed by atoms with Gasteiger partial charge in [-0.1, -0.05) is 24.3 Å². The molecule has 4 aromatic rings. The normalized spacial score (nSPS) is 15.9. The summed E-state index contributed by atoms with van der Waals surface area (Å²) in [6.07, 6.45) is 7.95. The molecule has 0 fully saturated rings. The van der Waals surface area contributed by atoms with Gasteiger partial charge in [-0.2, -0.15) is 0 Å². The van der Waals surface area contributed by atoms with E-state index >= 15 is 0 Å². The highest BCUT2D eigenvalue weighted by atomic mass is 16.7. The Labute approximate surface area is 200 Å². The zero-order valence-electron chi connectivity index (χ0n) is 19.9. The lowest BCUT2D eigenvalue weighted by atomic mass is 9.75. The molecule has 0 aliphatic carbocycles. The molecule has 6 rings (SSSR count). The van der Waals surface area contributed by atoms with Crippen molar-refractivity contribution in [2.24, 2.45) is 0 Å². The predicted octanol–water partition coefficient (Wildman–Crippen LogP) is 4.34. The zero-order valence-corrected chi connectivity index (χ0v) is 19.9. The summed E-state index contributed by atoms with van der Waals surface area (Å²) < 4.78 is 27.7. The third-order valence-corrected chi connectivity index (χ3v) is 6.20. The van der Waals surface area contributed by atoms with Crippen LogP contribution < -0.4 is 27.6 Å². The molecule has 0 saturated heterocycles. The molecule has 2 aromatic carbocycles. The number of nitrogens with zero attached hydrogens (tertiary/aromatic N) is 2. The number of hydrogen-bond acceptors (Lipinski definition) is 4. The molecule has 0 radical (unpaired) electrons. The highest BCUT2D eigenvalue weighted by Gasteiger charge is 2.45. The maximum Gasteiger partial charge on any atom is 0.650 e. The van der Waals surface area contributed by atoms with Crippen LogP contribution in [0.3, 0.4) is 0 Å². The van der Waals surface area contributed by atoms with Gasteiger partial charge in [0.05, 0.1) is 0 Å². The summed E-state index contributed by atoms with van der Waals surface area (Å²) >= 11 is 0. The highest BCUT2D eigenvalue weighted by Crippen LogP contribution is 2.36. The van der Waals surface area contributed by atoms with Gasteiger partial charge in [0.1, 0.15) is 47.8 Å². The van der Waals surface area contributed by atoms with E-state index < -0.39 is 13.4 Å². The summed E-state index contributed by atoms with van der Waals surface area (Å²) in [5.41, 5.74) is 2.44. The molecule has 2 aromatic heterocycles. The number of aryl methyl sites for hydroxylation is 2. The fraction of sp³-hybridized carbons (Fsp3) is 0.154. The molecule has 0 unspecified atom stereocenters. The van der Waals surface area contributed by atoms with Crippen LogP contribution in [-0.4, -0.2) is 13.4 Å². The van der Waals surface area contributed by atoms with Gasteiger partial charge in [0.15, 0.2) is 0 Å². The number of aromatic nitrogens is 2. The first kappa shape index (κ1) is 21.9. The molecule has 2 aliphatic heterocycles. The summed E-state index contributed by atoms with van der Waals surface area (Å²) in [6.45, 7) is 5.05. The Morgan fingerprint density at radius 3 is 1.00 bits per heavy atom. The summed E-state index contributed by atoms with van der Waals surface area (Å²) in [6, 6.07) is 23.7. The maximum atomic E-state index is 5.92. The lowest BCUT2D eigenvalue weighted by Crippen LogP contribution is -2.68. The molecule has 8 heteroatoms. The Balaban J connectivity index is 0.000000142. The van der Waals surface area contributed by atoms with Crippen molar-refractivity contribution in [1.82, 2.24) is 0 Å². The lowest BCUT2D eigenvalue weighted by Gasteiger charge is -2.23. The minimum absolute atomic E-state index is 0.808. The molecular weight excluding hydrogens is 426 g/mol. The third kappa shape index (κ3) is 4.19. The molecule has 0 spiro atoms. The molecule has 2 aliphatic rings. The van der Waals surface area contributed by atoms with Crippen LogP contribution >= 0.6 is 0 Å². The first-order valence-corrected chi connectivity index (χ1v) is 11.6. The summed E-state index contributed by atoms with van der Waals surface area (Å²) in [4.78, 5) is 0. The quantitative estimate of drug-likeness (QED) is 0.423. The summed E-state index contributed by atoms with van der Waals surface area (Å²) in [5.74, 6) is 3.23. The van der Waals surface area contributed by atoms with Gasteiger partial charge >= 0.3 is 13.4 Å². The van der Waals surface area contributed by atoms with Gasteiger partial charge in [-0.05, 0) is 62.9 Å². The standard InChI is InChI=1S/2C13H14BNO2/c2*1-11-7-9-15(10-8-11)14(2)16-12-5-3-4-6-13(12)17-14/h2*3-10H,1-2H3. The van der Waals surface area contributed by atoms with E-state index in [9.17, 15) is 0 Å². The Kier molecular flexibility index (Phi) is 5.44. The molecule has 0 bridgehead atoms. The van der Waals surface area contributed by atoms with Gasteiger partial charge in [-0.15, -0.1) is 0 Å². The number of benzene rings is 2. The first-order chi connectivity index (χ1) is 16.3. The highest BCUT2D eigenvalue weighted by molar-refractivity contribution is 6.59. The van der Waals surface area contributed by atoms with Crippen molar-refractivity contribution >= 4 is 13.4 Å². The van der Waals surface area contributed by atoms with E-state index in [0.717, 1.165) is 23.0 Å². The predicted molar refractivity (Wildman–Crippen MR) is 132 cm³/mol. The number of fused-ring (bicyclic) bond motifs is 2. The fourth-order valence-electron chi connectivity index (χ4n) is 4.17. The second-order valence-electron chi connectivity index (χ2n) is 9.08. The van der Waals surface area contributed by atoms with E-state index in [-0.39, 0.29) is 0 Å². The van der Waals surface area contributed by atoms with Crippen LogP contribution in [0.5, 0.6) is 23.0 Å². The topological polar surface area (TPSA) is 44.7 Å². The fourth-order valence-corrected chi connectivity index (χ4v) is 4.17. The average molecular weight is 454 g/mol. The lowest BCUT2D eigenvalue weighted by molar-refractivity contribution is -0.569. The molecular formula is C26H28B2N2O4. The average Bonchev–Trinajstić information content (AvgIpc) is 3.37. The number of pyridine rings is 2.